The summed E-state index contributed by atoms with van der Waals surface area (Å²) >= 11 is 0. The molecule has 0 amide bonds. The minimum absolute atomic E-state index is 0.647. The van der Waals surface area contributed by atoms with Crippen molar-refractivity contribution < 1.29 is 9.32 Å². The highest BCUT2D eigenvalue weighted by Gasteiger charge is 2.05. The molecule has 1 aromatic heterocycles. The van der Waals surface area contributed by atoms with Crippen LogP contribution >= 0.6 is 0 Å². The molecule has 0 spiro atoms. The predicted octanol–water partition coefficient (Wildman–Crippen LogP) is 2.46. The lowest BCUT2D eigenvalue weighted by Crippen LogP contribution is -1.86. The van der Waals surface area contributed by atoms with Gasteiger partial charge in [-0.1, -0.05) is 17.3 Å². The number of nitrogens with zero attached hydrogens (tertiary/aromatic N) is 1. The normalized spacial score (nSPS) is 10.1. The van der Waals surface area contributed by atoms with Crippen LogP contribution in [0.4, 0.5) is 0 Å². The van der Waals surface area contributed by atoms with Crippen LogP contribution in [0.2, 0.25) is 0 Å². The Kier molecular flexibility index (Phi) is 2.14. The molecule has 0 unspecified atom stereocenters. The van der Waals surface area contributed by atoms with E-state index in [1.165, 1.54) is 6.26 Å². The number of hydrogen-bond donors (Lipinski definition) is 0. The fourth-order valence-corrected chi connectivity index (χ4v) is 1.34. The fourth-order valence-electron chi connectivity index (χ4n) is 1.34. The zero-order valence-electron chi connectivity index (χ0n) is 7.73. The second-order valence-electron chi connectivity index (χ2n) is 3.08. The monoisotopic (exact) mass is 187 g/mol. The summed E-state index contributed by atoms with van der Waals surface area (Å²) in [5.74, 6) is 0. The SMILES string of the molecule is Cc1ccc(C=O)cc1-c1ccon1. The Bertz CT molecular complexity index is 446. The molecule has 1 heterocycles. The number of hydrogen-bond acceptors (Lipinski definition) is 3. The molecule has 0 saturated carbocycles. The molecular weight excluding hydrogens is 178 g/mol. The van der Waals surface area contributed by atoms with Crippen LogP contribution in [0.5, 0.6) is 0 Å². The lowest BCUT2D eigenvalue weighted by atomic mass is 10.0. The Morgan fingerprint density at radius 3 is 2.86 bits per heavy atom. The van der Waals surface area contributed by atoms with E-state index in [1.807, 2.05) is 13.0 Å². The van der Waals surface area contributed by atoms with Crippen molar-refractivity contribution in [3.05, 3.63) is 41.7 Å². The first kappa shape index (κ1) is 8.69. The minimum atomic E-state index is 0.647. The highest BCUT2D eigenvalue weighted by molar-refractivity contribution is 5.79. The Morgan fingerprint density at radius 1 is 1.36 bits per heavy atom. The van der Waals surface area contributed by atoms with Crippen LogP contribution in [0.15, 0.2) is 35.1 Å². The molecule has 0 N–H and O–H groups in total. The van der Waals surface area contributed by atoms with Crippen molar-refractivity contribution in [1.82, 2.24) is 5.16 Å². The van der Waals surface area contributed by atoms with E-state index in [0.717, 1.165) is 23.1 Å². The molecule has 0 radical (unpaired) electrons. The van der Waals surface area contributed by atoms with Crippen molar-refractivity contribution in [2.24, 2.45) is 0 Å². The van der Waals surface area contributed by atoms with E-state index in [9.17, 15) is 4.79 Å². The van der Waals surface area contributed by atoms with Gasteiger partial charge in [0.15, 0.2) is 0 Å². The summed E-state index contributed by atoms with van der Waals surface area (Å²) < 4.78 is 4.76. The maximum Gasteiger partial charge on any atom is 0.150 e. The van der Waals surface area contributed by atoms with Gasteiger partial charge in [0, 0.05) is 17.2 Å². The first-order valence-electron chi connectivity index (χ1n) is 4.28. The topological polar surface area (TPSA) is 43.1 Å². The molecule has 0 aliphatic heterocycles. The lowest BCUT2D eigenvalue weighted by molar-refractivity contribution is 0.112. The molecule has 0 bridgehead atoms. The van der Waals surface area contributed by atoms with Crippen molar-refractivity contribution >= 4 is 6.29 Å². The summed E-state index contributed by atoms with van der Waals surface area (Å²) in [5.41, 5.74) is 3.41. The van der Waals surface area contributed by atoms with Gasteiger partial charge < -0.3 is 4.52 Å². The van der Waals surface area contributed by atoms with Gasteiger partial charge >= 0.3 is 0 Å². The molecule has 0 fully saturated rings. The van der Waals surface area contributed by atoms with Gasteiger partial charge in [-0.25, -0.2) is 0 Å². The molecule has 2 rings (SSSR count). The number of rotatable bonds is 2. The Labute approximate surface area is 81.3 Å². The van der Waals surface area contributed by atoms with Crippen molar-refractivity contribution in [2.45, 2.75) is 6.92 Å². The van der Waals surface area contributed by atoms with Gasteiger partial charge in [-0.05, 0) is 18.6 Å². The molecule has 0 atom stereocenters. The van der Waals surface area contributed by atoms with E-state index in [-0.39, 0.29) is 0 Å². The lowest BCUT2D eigenvalue weighted by Gasteiger charge is -2.01. The number of aromatic nitrogens is 1. The molecule has 14 heavy (non-hydrogen) atoms. The zero-order chi connectivity index (χ0) is 9.97. The number of aryl methyl sites for hydroxylation is 1. The number of benzene rings is 1. The Hall–Kier alpha value is -1.90. The van der Waals surface area contributed by atoms with E-state index < -0.39 is 0 Å². The quantitative estimate of drug-likeness (QED) is 0.678. The van der Waals surface area contributed by atoms with Gasteiger partial charge in [-0.2, -0.15) is 0 Å². The van der Waals surface area contributed by atoms with E-state index in [4.69, 9.17) is 4.52 Å². The molecule has 2 aromatic rings. The van der Waals surface area contributed by atoms with Crippen molar-refractivity contribution in [3.8, 4) is 11.3 Å². The zero-order valence-corrected chi connectivity index (χ0v) is 7.73. The highest BCUT2D eigenvalue weighted by Crippen LogP contribution is 2.22. The third-order valence-corrected chi connectivity index (χ3v) is 2.11. The summed E-state index contributed by atoms with van der Waals surface area (Å²) in [4.78, 5) is 10.6. The Morgan fingerprint density at radius 2 is 2.21 bits per heavy atom. The third kappa shape index (κ3) is 1.44. The highest BCUT2D eigenvalue weighted by atomic mass is 16.5. The van der Waals surface area contributed by atoms with Gasteiger partial charge in [-0.15, -0.1) is 0 Å². The summed E-state index contributed by atoms with van der Waals surface area (Å²) in [6.07, 6.45) is 2.34. The summed E-state index contributed by atoms with van der Waals surface area (Å²) in [5, 5.41) is 3.83. The summed E-state index contributed by atoms with van der Waals surface area (Å²) in [6, 6.07) is 7.26. The number of aldehydes is 1. The average Bonchev–Trinajstić information content (AvgIpc) is 2.71. The van der Waals surface area contributed by atoms with Gasteiger partial charge in [-0.3, -0.25) is 4.79 Å². The molecule has 3 nitrogen and oxygen atoms in total. The molecule has 0 aliphatic carbocycles. The second-order valence-corrected chi connectivity index (χ2v) is 3.08. The average molecular weight is 187 g/mol. The maximum absolute atomic E-state index is 10.6. The molecule has 1 aromatic carbocycles. The summed E-state index contributed by atoms with van der Waals surface area (Å²) in [7, 11) is 0. The van der Waals surface area contributed by atoms with Gasteiger partial charge in [0.25, 0.3) is 0 Å². The fraction of sp³-hybridized carbons (Fsp3) is 0.0909. The second kappa shape index (κ2) is 3.46. The molecule has 0 aliphatic rings. The molecule has 0 saturated heterocycles. The van der Waals surface area contributed by atoms with Crippen molar-refractivity contribution in [1.29, 1.82) is 0 Å². The van der Waals surface area contributed by atoms with Crippen LogP contribution in [0.1, 0.15) is 15.9 Å². The third-order valence-electron chi connectivity index (χ3n) is 2.11. The van der Waals surface area contributed by atoms with Gasteiger partial charge in [0.05, 0.1) is 0 Å². The maximum atomic E-state index is 10.6. The smallest absolute Gasteiger partial charge is 0.150 e. The number of carbonyl (C=O) groups excluding carboxylic acids is 1. The van der Waals surface area contributed by atoms with Crippen LogP contribution in [0.25, 0.3) is 11.3 Å². The van der Waals surface area contributed by atoms with Crippen LogP contribution in [0.3, 0.4) is 0 Å². The van der Waals surface area contributed by atoms with Crippen LogP contribution in [-0.4, -0.2) is 11.4 Å². The van der Waals surface area contributed by atoms with Crippen LogP contribution < -0.4 is 0 Å². The standard InChI is InChI=1S/C11H9NO2/c1-8-2-3-9(7-13)6-10(8)11-4-5-14-12-11/h2-7H,1H3. The first-order valence-corrected chi connectivity index (χ1v) is 4.28. The largest absolute Gasteiger partial charge is 0.364 e. The predicted molar refractivity (Wildman–Crippen MR) is 52.1 cm³/mol. The van der Waals surface area contributed by atoms with Crippen LogP contribution in [0, 0.1) is 6.92 Å². The molecule has 3 heteroatoms. The van der Waals surface area contributed by atoms with Gasteiger partial charge in [0.1, 0.15) is 18.2 Å². The number of carbonyl (C=O) groups is 1. The van der Waals surface area contributed by atoms with Gasteiger partial charge in [0.2, 0.25) is 0 Å². The van der Waals surface area contributed by atoms with Crippen molar-refractivity contribution in [3.63, 3.8) is 0 Å². The van der Waals surface area contributed by atoms with Crippen LogP contribution in [-0.2, 0) is 0 Å². The van der Waals surface area contributed by atoms with E-state index >= 15 is 0 Å². The Balaban J connectivity index is 2.57. The minimum Gasteiger partial charge on any atom is -0.364 e. The summed E-state index contributed by atoms with van der Waals surface area (Å²) in [6.45, 7) is 1.97. The van der Waals surface area contributed by atoms with E-state index in [2.05, 4.69) is 5.16 Å². The first-order chi connectivity index (χ1) is 6.81. The van der Waals surface area contributed by atoms with E-state index in [0.29, 0.717) is 5.56 Å². The molecule has 70 valence electrons. The van der Waals surface area contributed by atoms with Crippen molar-refractivity contribution in [2.75, 3.05) is 0 Å². The molecular formula is C11H9NO2. The van der Waals surface area contributed by atoms with E-state index in [1.54, 1.807) is 18.2 Å².